The molecule has 0 amide bonds. The van der Waals surface area contributed by atoms with E-state index in [0.29, 0.717) is 16.9 Å². The van der Waals surface area contributed by atoms with Crippen LogP contribution < -0.4 is 10.5 Å². The third-order valence-electron chi connectivity index (χ3n) is 3.25. The minimum absolute atomic E-state index is 0.182. The maximum absolute atomic E-state index is 13.9. The van der Waals surface area contributed by atoms with E-state index in [9.17, 15) is 4.39 Å². The predicted octanol–water partition coefficient (Wildman–Crippen LogP) is 2.48. The average Bonchev–Trinajstić information content (AvgIpc) is 2.18. The van der Waals surface area contributed by atoms with Gasteiger partial charge in [0.25, 0.3) is 0 Å². The van der Waals surface area contributed by atoms with Gasteiger partial charge in [0.05, 0.1) is 7.11 Å². The van der Waals surface area contributed by atoms with Crippen molar-refractivity contribution in [3.05, 3.63) is 29.1 Å². The Hall–Kier alpha value is -1.09. The second kappa shape index (κ2) is 3.49. The van der Waals surface area contributed by atoms with E-state index in [1.165, 1.54) is 0 Å². The number of methoxy groups -OCH3 is 1. The fraction of sp³-hybridized carbons (Fsp3) is 0.500. The van der Waals surface area contributed by atoms with E-state index in [4.69, 9.17) is 10.5 Å². The van der Waals surface area contributed by atoms with Crippen LogP contribution in [0.4, 0.5) is 4.39 Å². The van der Waals surface area contributed by atoms with Crippen molar-refractivity contribution in [3.8, 4) is 5.75 Å². The summed E-state index contributed by atoms with van der Waals surface area (Å²) in [6, 6.07) is 3.42. The average molecular weight is 209 g/mol. The molecule has 1 aliphatic rings. The van der Waals surface area contributed by atoms with E-state index in [1.54, 1.807) is 26.2 Å². The van der Waals surface area contributed by atoms with Crippen LogP contribution in [-0.2, 0) is 5.54 Å². The molecule has 1 saturated carbocycles. The summed E-state index contributed by atoms with van der Waals surface area (Å²) >= 11 is 0. The van der Waals surface area contributed by atoms with E-state index >= 15 is 0 Å². The number of aryl methyl sites for hydroxylation is 1. The normalized spacial score (nSPS) is 18.4. The second-order valence-corrected chi connectivity index (χ2v) is 4.32. The van der Waals surface area contributed by atoms with Gasteiger partial charge in [-0.15, -0.1) is 0 Å². The molecule has 0 radical (unpaired) electrons. The first-order valence-electron chi connectivity index (χ1n) is 5.20. The number of hydrogen-bond donors (Lipinski definition) is 1. The maximum atomic E-state index is 13.9. The van der Waals surface area contributed by atoms with Gasteiger partial charge in [0.15, 0.2) is 0 Å². The highest BCUT2D eigenvalue weighted by Crippen LogP contribution is 2.41. The van der Waals surface area contributed by atoms with Crippen LogP contribution in [0.3, 0.4) is 0 Å². The number of halogens is 1. The number of nitrogens with two attached hydrogens (primary N) is 1. The van der Waals surface area contributed by atoms with Gasteiger partial charge in [0, 0.05) is 11.1 Å². The Kier molecular flexibility index (Phi) is 2.43. The van der Waals surface area contributed by atoms with Gasteiger partial charge in [-0.1, -0.05) is 0 Å². The molecule has 2 rings (SSSR count). The number of ether oxygens (including phenoxy) is 1. The summed E-state index contributed by atoms with van der Waals surface area (Å²) in [5, 5.41) is 0. The molecule has 0 atom stereocenters. The zero-order chi connectivity index (χ0) is 11.1. The van der Waals surface area contributed by atoms with Crippen LogP contribution in [0.5, 0.6) is 5.75 Å². The lowest BCUT2D eigenvalue weighted by Gasteiger charge is -2.39. The molecule has 1 aromatic rings. The Morgan fingerprint density at radius 3 is 2.53 bits per heavy atom. The van der Waals surface area contributed by atoms with Gasteiger partial charge in [-0.05, 0) is 43.9 Å². The molecule has 1 aromatic carbocycles. The number of hydrogen-bond acceptors (Lipinski definition) is 2. The van der Waals surface area contributed by atoms with Crippen LogP contribution in [0.2, 0.25) is 0 Å². The molecule has 0 unspecified atom stereocenters. The van der Waals surface area contributed by atoms with E-state index in [-0.39, 0.29) is 5.82 Å². The molecule has 82 valence electrons. The van der Waals surface area contributed by atoms with Crippen molar-refractivity contribution < 1.29 is 9.13 Å². The summed E-state index contributed by atoms with van der Waals surface area (Å²) in [5.74, 6) is 0.499. The fourth-order valence-electron chi connectivity index (χ4n) is 2.04. The molecule has 1 aliphatic carbocycles. The van der Waals surface area contributed by atoms with Crippen molar-refractivity contribution in [3.63, 3.8) is 0 Å². The largest absolute Gasteiger partial charge is 0.497 e. The van der Waals surface area contributed by atoms with Crippen LogP contribution in [-0.4, -0.2) is 7.11 Å². The van der Waals surface area contributed by atoms with Gasteiger partial charge >= 0.3 is 0 Å². The van der Waals surface area contributed by atoms with E-state index in [1.807, 2.05) is 0 Å². The topological polar surface area (TPSA) is 35.2 Å². The molecule has 0 spiro atoms. The number of benzene rings is 1. The van der Waals surface area contributed by atoms with Crippen molar-refractivity contribution >= 4 is 0 Å². The smallest absolute Gasteiger partial charge is 0.131 e. The van der Waals surface area contributed by atoms with Crippen LogP contribution >= 0.6 is 0 Å². The highest BCUT2D eigenvalue weighted by atomic mass is 19.1. The quantitative estimate of drug-likeness (QED) is 0.812. The Labute approximate surface area is 89.2 Å². The summed E-state index contributed by atoms with van der Waals surface area (Å²) in [4.78, 5) is 0. The zero-order valence-electron chi connectivity index (χ0n) is 9.14. The molecule has 0 aliphatic heterocycles. The molecule has 0 bridgehead atoms. The van der Waals surface area contributed by atoms with E-state index in [0.717, 1.165) is 19.3 Å². The van der Waals surface area contributed by atoms with Gasteiger partial charge in [0.1, 0.15) is 11.6 Å². The second-order valence-electron chi connectivity index (χ2n) is 4.32. The summed E-state index contributed by atoms with van der Waals surface area (Å²) in [6.07, 6.45) is 2.79. The molecule has 2 nitrogen and oxygen atoms in total. The molecule has 2 N–H and O–H groups in total. The van der Waals surface area contributed by atoms with Gasteiger partial charge in [0.2, 0.25) is 0 Å². The molecule has 1 fully saturated rings. The lowest BCUT2D eigenvalue weighted by molar-refractivity contribution is 0.243. The first-order chi connectivity index (χ1) is 7.07. The van der Waals surface area contributed by atoms with Gasteiger partial charge in [-0.3, -0.25) is 0 Å². The summed E-state index contributed by atoms with van der Waals surface area (Å²) in [6.45, 7) is 1.74. The predicted molar refractivity (Wildman–Crippen MR) is 57.4 cm³/mol. The van der Waals surface area contributed by atoms with Crippen molar-refractivity contribution in [1.82, 2.24) is 0 Å². The fourth-order valence-corrected chi connectivity index (χ4v) is 2.04. The number of rotatable bonds is 2. The first kappa shape index (κ1) is 10.4. The van der Waals surface area contributed by atoms with Crippen molar-refractivity contribution in [2.75, 3.05) is 7.11 Å². The third kappa shape index (κ3) is 1.61. The van der Waals surface area contributed by atoms with Crippen molar-refractivity contribution in [2.24, 2.45) is 5.73 Å². The summed E-state index contributed by atoms with van der Waals surface area (Å²) in [7, 11) is 1.58. The van der Waals surface area contributed by atoms with E-state index in [2.05, 4.69) is 0 Å². The maximum Gasteiger partial charge on any atom is 0.131 e. The molecule has 0 heterocycles. The van der Waals surface area contributed by atoms with Gasteiger partial charge in [-0.25, -0.2) is 4.39 Å². The Morgan fingerprint density at radius 1 is 1.40 bits per heavy atom. The van der Waals surface area contributed by atoms with E-state index < -0.39 is 5.54 Å². The standard InChI is InChI=1S/C12H16FNO/c1-8-6-9(15-2)7-10(11(8)13)12(14)4-3-5-12/h6-7H,3-5,14H2,1-2H3. The van der Waals surface area contributed by atoms with Gasteiger partial charge in [-0.2, -0.15) is 0 Å². The van der Waals surface area contributed by atoms with Crippen LogP contribution in [0.1, 0.15) is 30.4 Å². The molecule has 0 aromatic heterocycles. The monoisotopic (exact) mass is 209 g/mol. The van der Waals surface area contributed by atoms with Gasteiger partial charge < -0.3 is 10.5 Å². The molecular formula is C12H16FNO. The highest BCUT2D eigenvalue weighted by Gasteiger charge is 2.37. The van der Waals surface area contributed by atoms with Crippen LogP contribution in [0.25, 0.3) is 0 Å². The van der Waals surface area contributed by atoms with Crippen molar-refractivity contribution in [2.45, 2.75) is 31.7 Å². The van der Waals surface area contributed by atoms with Crippen LogP contribution in [0, 0.1) is 12.7 Å². The third-order valence-corrected chi connectivity index (χ3v) is 3.25. The Morgan fingerprint density at radius 2 is 2.07 bits per heavy atom. The lowest BCUT2D eigenvalue weighted by atomic mass is 9.72. The summed E-state index contributed by atoms with van der Waals surface area (Å²) < 4.78 is 19.0. The minimum atomic E-state index is -0.469. The first-order valence-corrected chi connectivity index (χ1v) is 5.20. The SMILES string of the molecule is COc1cc(C)c(F)c(C2(N)CCC2)c1. The molecule has 3 heteroatoms. The summed E-state index contributed by atoms with van der Waals surface area (Å²) in [5.41, 5.74) is 6.85. The molecule has 0 saturated heterocycles. The Balaban J connectivity index is 2.49. The highest BCUT2D eigenvalue weighted by molar-refractivity contribution is 5.40. The zero-order valence-corrected chi connectivity index (χ0v) is 9.14. The molecular weight excluding hydrogens is 193 g/mol. The lowest BCUT2D eigenvalue weighted by Crippen LogP contribution is -2.44. The Bertz CT molecular complexity index is 385. The van der Waals surface area contributed by atoms with Crippen LogP contribution in [0.15, 0.2) is 12.1 Å². The molecule has 15 heavy (non-hydrogen) atoms. The van der Waals surface area contributed by atoms with Crippen molar-refractivity contribution in [1.29, 1.82) is 0 Å². The minimum Gasteiger partial charge on any atom is -0.497 e.